The van der Waals surface area contributed by atoms with Crippen molar-refractivity contribution in [2.45, 2.75) is 18.9 Å². The van der Waals surface area contributed by atoms with Crippen molar-refractivity contribution >= 4 is 28.4 Å². The Kier molecular flexibility index (Phi) is 5.56. The zero-order chi connectivity index (χ0) is 22.8. The second-order valence-corrected chi connectivity index (χ2v) is 8.09. The van der Waals surface area contributed by atoms with Crippen molar-refractivity contribution in [3.05, 3.63) is 82.9 Å². The van der Waals surface area contributed by atoms with Crippen LogP contribution < -0.4 is 15.7 Å². The number of aromatic amines is 1. The van der Waals surface area contributed by atoms with Gasteiger partial charge in [-0.3, -0.25) is 9.36 Å². The molecule has 0 unspecified atom stereocenters. The molecular weight excluding hydrogens is 418 g/mol. The first-order valence-corrected chi connectivity index (χ1v) is 11.0. The van der Waals surface area contributed by atoms with Gasteiger partial charge >= 0.3 is 5.69 Å². The number of methoxy groups -OCH3 is 1. The third-order valence-electron chi connectivity index (χ3n) is 6.13. The second kappa shape index (κ2) is 8.82. The van der Waals surface area contributed by atoms with E-state index in [0.717, 1.165) is 35.3 Å². The number of piperidine rings is 1. The number of amides is 1. The molecule has 1 aliphatic rings. The van der Waals surface area contributed by atoms with E-state index in [1.54, 1.807) is 25.4 Å². The molecule has 3 heterocycles. The molecule has 8 nitrogen and oxygen atoms in total. The van der Waals surface area contributed by atoms with Crippen molar-refractivity contribution in [3.8, 4) is 5.75 Å². The van der Waals surface area contributed by atoms with Gasteiger partial charge in [0.05, 0.1) is 23.7 Å². The van der Waals surface area contributed by atoms with Gasteiger partial charge in [0, 0.05) is 31.0 Å². The minimum Gasteiger partial charge on any atom is -0.497 e. The molecule has 0 bridgehead atoms. The van der Waals surface area contributed by atoms with Crippen LogP contribution in [0.25, 0.3) is 11.0 Å². The summed E-state index contributed by atoms with van der Waals surface area (Å²) >= 11 is 0. The lowest BCUT2D eigenvalue weighted by atomic mass is 10.0. The number of anilines is 2. The van der Waals surface area contributed by atoms with Crippen LogP contribution in [0.2, 0.25) is 0 Å². The van der Waals surface area contributed by atoms with Crippen molar-refractivity contribution in [1.29, 1.82) is 0 Å². The fraction of sp³-hybridized carbons (Fsp3) is 0.240. The van der Waals surface area contributed by atoms with Crippen molar-refractivity contribution < 1.29 is 9.53 Å². The molecule has 2 aromatic heterocycles. The highest BCUT2D eigenvalue weighted by atomic mass is 16.5. The van der Waals surface area contributed by atoms with Crippen LogP contribution in [-0.2, 0) is 0 Å². The quantitative estimate of drug-likeness (QED) is 0.487. The summed E-state index contributed by atoms with van der Waals surface area (Å²) in [6.07, 6.45) is 3.10. The van der Waals surface area contributed by atoms with Gasteiger partial charge in [0.15, 0.2) is 0 Å². The number of imidazole rings is 1. The van der Waals surface area contributed by atoms with Gasteiger partial charge in [0.1, 0.15) is 11.6 Å². The van der Waals surface area contributed by atoms with Gasteiger partial charge in [-0.2, -0.15) is 0 Å². The van der Waals surface area contributed by atoms with E-state index in [4.69, 9.17) is 4.74 Å². The van der Waals surface area contributed by atoms with Crippen molar-refractivity contribution in [2.24, 2.45) is 0 Å². The molecule has 168 valence electrons. The van der Waals surface area contributed by atoms with Gasteiger partial charge in [0.2, 0.25) is 0 Å². The monoisotopic (exact) mass is 443 g/mol. The van der Waals surface area contributed by atoms with Gasteiger partial charge < -0.3 is 19.9 Å². The van der Waals surface area contributed by atoms with E-state index >= 15 is 0 Å². The minimum atomic E-state index is -0.0980. The summed E-state index contributed by atoms with van der Waals surface area (Å²) in [4.78, 5) is 35.0. The Bertz CT molecular complexity index is 1330. The number of carbonyl (C=O) groups excluding carboxylic acids is 1. The largest absolute Gasteiger partial charge is 0.497 e. The van der Waals surface area contributed by atoms with Crippen LogP contribution in [0, 0.1) is 0 Å². The lowest BCUT2D eigenvalue weighted by molar-refractivity contribution is 0.0695. The number of ether oxygens (including phenoxy) is 1. The molecule has 4 aromatic rings. The number of carbonyl (C=O) groups is 1. The molecule has 8 heteroatoms. The molecule has 1 aliphatic heterocycles. The van der Waals surface area contributed by atoms with E-state index in [1.807, 2.05) is 58.0 Å². The first kappa shape index (κ1) is 20.8. The SMILES string of the molecule is COc1ccc(Nc2ncccc2C(=O)N2CCC(n3c(=O)[nH]c4ccccc43)CC2)cc1. The molecule has 0 aliphatic carbocycles. The Hall–Kier alpha value is -4.07. The smallest absolute Gasteiger partial charge is 0.326 e. The Morgan fingerprint density at radius 3 is 2.58 bits per heavy atom. The number of para-hydroxylation sites is 2. The number of nitrogens with one attached hydrogen (secondary N) is 2. The second-order valence-electron chi connectivity index (χ2n) is 8.09. The predicted octanol–water partition coefficient (Wildman–Crippen LogP) is 3.95. The average Bonchev–Trinajstić information content (AvgIpc) is 3.20. The summed E-state index contributed by atoms with van der Waals surface area (Å²) in [5.74, 6) is 1.21. The lowest BCUT2D eigenvalue weighted by Crippen LogP contribution is -2.40. The number of hydrogen-bond acceptors (Lipinski definition) is 5. The fourth-order valence-electron chi connectivity index (χ4n) is 4.42. The molecule has 0 saturated carbocycles. The third-order valence-corrected chi connectivity index (χ3v) is 6.13. The van der Waals surface area contributed by atoms with Gasteiger partial charge in [0.25, 0.3) is 5.91 Å². The van der Waals surface area contributed by atoms with Crippen LogP contribution in [0.4, 0.5) is 11.5 Å². The van der Waals surface area contributed by atoms with Crippen LogP contribution >= 0.6 is 0 Å². The molecule has 0 atom stereocenters. The molecule has 1 saturated heterocycles. The standard InChI is InChI=1S/C25H25N5O3/c1-33-19-10-8-17(9-11-19)27-23-20(5-4-14-26-23)24(31)29-15-12-18(13-16-29)30-22-7-3-2-6-21(22)28-25(30)32/h2-11,14,18H,12-13,15-16H2,1H3,(H,26,27)(H,28,32). The lowest BCUT2D eigenvalue weighted by Gasteiger charge is -2.33. The molecule has 2 aromatic carbocycles. The molecular formula is C25H25N5O3. The molecule has 33 heavy (non-hydrogen) atoms. The van der Waals surface area contributed by atoms with Crippen LogP contribution in [0.5, 0.6) is 5.75 Å². The highest BCUT2D eigenvalue weighted by Gasteiger charge is 2.28. The number of pyridine rings is 1. The van der Waals surface area contributed by atoms with Crippen LogP contribution in [0.1, 0.15) is 29.2 Å². The maximum absolute atomic E-state index is 13.3. The number of nitrogens with zero attached hydrogens (tertiary/aromatic N) is 3. The molecule has 1 fully saturated rings. The Balaban J connectivity index is 1.31. The third kappa shape index (κ3) is 4.07. The maximum Gasteiger partial charge on any atom is 0.326 e. The van der Waals surface area contributed by atoms with Gasteiger partial charge in [-0.1, -0.05) is 12.1 Å². The van der Waals surface area contributed by atoms with Crippen molar-refractivity contribution in [3.63, 3.8) is 0 Å². The molecule has 2 N–H and O–H groups in total. The summed E-state index contributed by atoms with van der Waals surface area (Å²) < 4.78 is 7.03. The van der Waals surface area contributed by atoms with E-state index in [-0.39, 0.29) is 17.6 Å². The van der Waals surface area contributed by atoms with E-state index in [0.29, 0.717) is 24.5 Å². The normalized spacial score (nSPS) is 14.4. The topological polar surface area (TPSA) is 92.2 Å². The summed E-state index contributed by atoms with van der Waals surface area (Å²) in [5.41, 5.74) is 2.99. The first-order chi connectivity index (χ1) is 16.1. The molecule has 0 spiro atoms. The zero-order valence-electron chi connectivity index (χ0n) is 18.3. The van der Waals surface area contributed by atoms with Crippen LogP contribution in [0.15, 0.2) is 71.7 Å². The molecule has 5 rings (SSSR count). The number of H-pyrrole nitrogens is 1. The summed E-state index contributed by atoms with van der Waals surface area (Å²) in [6, 6.07) is 18.8. The van der Waals surface area contributed by atoms with Gasteiger partial charge in [-0.15, -0.1) is 0 Å². The Morgan fingerprint density at radius 2 is 1.82 bits per heavy atom. The van der Waals surface area contributed by atoms with Gasteiger partial charge in [-0.05, 0) is 61.4 Å². The number of aromatic nitrogens is 3. The first-order valence-electron chi connectivity index (χ1n) is 11.0. The Morgan fingerprint density at radius 1 is 1.06 bits per heavy atom. The number of rotatable bonds is 5. The highest BCUT2D eigenvalue weighted by Crippen LogP contribution is 2.27. The van der Waals surface area contributed by atoms with Crippen LogP contribution in [0.3, 0.4) is 0 Å². The van der Waals surface area contributed by atoms with Crippen molar-refractivity contribution in [1.82, 2.24) is 19.4 Å². The summed E-state index contributed by atoms with van der Waals surface area (Å²) in [5, 5.41) is 3.24. The average molecular weight is 444 g/mol. The Labute approximate surface area is 190 Å². The maximum atomic E-state index is 13.3. The van der Waals surface area contributed by atoms with Crippen LogP contribution in [-0.4, -0.2) is 45.5 Å². The van der Waals surface area contributed by atoms with Crippen molar-refractivity contribution in [2.75, 3.05) is 25.5 Å². The zero-order valence-corrected chi connectivity index (χ0v) is 18.3. The predicted molar refractivity (Wildman–Crippen MR) is 127 cm³/mol. The molecule has 0 radical (unpaired) electrons. The minimum absolute atomic E-state index is 0.0588. The number of benzene rings is 2. The number of hydrogen-bond donors (Lipinski definition) is 2. The highest BCUT2D eigenvalue weighted by molar-refractivity contribution is 5.99. The fourth-order valence-corrected chi connectivity index (χ4v) is 4.42. The summed E-state index contributed by atoms with van der Waals surface area (Å²) in [6.45, 7) is 1.15. The van der Waals surface area contributed by atoms with Gasteiger partial charge in [-0.25, -0.2) is 9.78 Å². The van der Waals surface area contributed by atoms with E-state index in [9.17, 15) is 9.59 Å². The van der Waals surface area contributed by atoms with E-state index < -0.39 is 0 Å². The summed E-state index contributed by atoms with van der Waals surface area (Å²) in [7, 11) is 1.62. The molecule has 1 amide bonds. The van der Waals surface area contributed by atoms with E-state index in [1.165, 1.54) is 0 Å². The number of likely N-dealkylation sites (tertiary alicyclic amines) is 1. The van der Waals surface area contributed by atoms with E-state index in [2.05, 4.69) is 15.3 Å². The number of fused-ring (bicyclic) bond motifs is 1.